The average Bonchev–Trinajstić information content (AvgIpc) is 2.28. The molecule has 0 atom stereocenters. The van der Waals surface area contributed by atoms with Crippen LogP contribution >= 0.6 is 0 Å². The number of methoxy groups -OCH3 is 1. The molecule has 0 aliphatic carbocycles. The van der Waals surface area contributed by atoms with Gasteiger partial charge in [-0.3, -0.25) is 0 Å². The van der Waals surface area contributed by atoms with Gasteiger partial charge in [0.2, 0.25) is 5.95 Å². The van der Waals surface area contributed by atoms with Crippen LogP contribution in [0.3, 0.4) is 0 Å². The Morgan fingerprint density at radius 1 is 1.18 bits per heavy atom. The first-order chi connectivity index (χ1) is 8.17. The third kappa shape index (κ3) is 2.77. The first kappa shape index (κ1) is 11.1. The molecule has 0 saturated heterocycles. The second kappa shape index (κ2) is 4.60. The Hall–Kier alpha value is -2.44. The van der Waals surface area contributed by atoms with Gasteiger partial charge < -0.3 is 15.2 Å². The molecule has 6 nitrogen and oxygen atoms in total. The van der Waals surface area contributed by atoms with E-state index in [0.717, 1.165) is 0 Å². The predicted molar refractivity (Wildman–Crippen MR) is 57.3 cm³/mol. The number of nitrogens with zero attached hydrogens (tertiary/aromatic N) is 3. The average molecular weight is 236 g/mol. The topological polar surface area (TPSA) is 83.2 Å². The van der Waals surface area contributed by atoms with Crippen LogP contribution in [0, 0.1) is 5.82 Å². The largest absolute Gasteiger partial charge is 0.467 e. The molecule has 0 saturated carbocycles. The second-order valence-electron chi connectivity index (χ2n) is 3.02. The van der Waals surface area contributed by atoms with E-state index in [1.165, 1.54) is 25.3 Å². The maximum atomic E-state index is 12.9. The lowest BCUT2D eigenvalue weighted by atomic mass is 10.3. The molecular weight excluding hydrogens is 227 g/mol. The van der Waals surface area contributed by atoms with Gasteiger partial charge in [-0.1, -0.05) is 6.07 Å². The number of anilines is 1. The quantitative estimate of drug-likeness (QED) is 0.867. The highest BCUT2D eigenvalue weighted by Gasteiger charge is 2.07. The summed E-state index contributed by atoms with van der Waals surface area (Å²) in [5, 5.41) is 0. The molecule has 17 heavy (non-hydrogen) atoms. The number of nitrogens with two attached hydrogens (primary N) is 1. The van der Waals surface area contributed by atoms with Gasteiger partial charge in [0.05, 0.1) is 7.11 Å². The Morgan fingerprint density at radius 2 is 1.94 bits per heavy atom. The van der Waals surface area contributed by atoms with Crippen LogP contribution in [0.4, 0.5) is 10.3 Å². The molecule has 7 heteroatoms. The highest BCUT2D eigenvalue weighted by Crippen LogP contribution is 2.20. The van der Waals surface area contributed by atoms with Gasteiger partial charge in [0.15, 0.2) is 0 Å². The minimum absolute atomic E-state index is 0.0314. The van der Waals surface area contributed by atoms with Gasteiger partial charge in [0.25, 0.3) is 0 Å². The molecule has 1 aromatic heterocycles. The first-order valence-corrected chi connectivity index (χ1v) is 4.66. The number of benzene rings is 1. The number of aromatic nitrogens is 3. The molecule has 0 aliphatic rings. The van der Waals surface area contributed by atoms with Crippen molar-refractivity contribution in [3.8, 4) is 17.8 Å². The molecule has 0 fully saturated rings. The Kier molecular flexibility index (Phi) is 2.99. The first-order valence-electron chi connectivity index (χ1n) is 4.66. The van der Waals surface area contributed by atoms with Crippen molar-refractivity contribution in [3.63, 3.8) is 0 Å². The summed E-state index contributed by atoms with van der Waals surface area (Å²) in [5.74, 6) is -0.197. The summed E-state index contributed by atoms with van der Waals surface area (Å²) in [6, 6.07) is 5.55. The van der Waals surface area contributed by atoms with Crippen LogP contribution in [-0.2, 0) is 0 Å². The van der Waals surface area contributed by atoms with Crippen LogP contribution in [0.1, 0.15) is 0 Å². The molecule has 1 heterocycles. The summed E-state index contributed by atoms with van der Waals surface area (Å²) in [6.45, 7) is 0. The van der Waals surface area contributed by atoms with Crippen molar-refractivity contribution in [2.45, 2.75) is 0 Å². The standard InChI is InChI=1S/C10H9FN4O2/c1-16-9-13-8(12)14-10(15-9)17-7-4-2-3-6(11)5-7/h2-5H,1H3,(H2,12,13,14,15). The third-order valence-electron chi connectivity index (χ3n) is 1.80. The predicted octanol–water partition coefficient (Wildman–Crippen LogP) is 1.39. The summed E-state index contributed by atoms with van der Waals surface area (Å²) in [6.07, 6.45) is 0. The van der Waals surface area contributed by atoms with Gasteiger partial charge in [-0.2, -0.15) is 9.97 Å². The minimum Gasteiger partial charge on any atom is -0.467 e. The lowest BCUT2D eigenvalue weighted by Gasteiger charge is -2.05. The number of ether oxygens (including phenoxy) is 2. The summed E-state index contributed by atoms with van der Waals surface area (Å²) in [7, 11) is 1.39. The number of rotatable bonds is 3. The van der Waals surface area contributed by atoms with Gasteiger partial charge in [0.1, 0.15) is 11.6 Å². The van der Waals surface area contributed by atoms with E-state index in [1.807, 2.05) is 0 Å². The Balaban J connectivity index is 2.26. The van der Waals surface area contributed by atoms with Crippen molar-refractivity contribution in [2.24, 2.45) is 0 Å². The van der Waals surface area contributed by atoms with Crippen LogP contribution in [-0.4, -0.2) is 22.1 Å². The zero-order valence-corrected chi connectivity index (χ0v) is 8.92. The Morgan fingerprint density at radius 3 is 2.65 bits per heavy atom. The van der Waals surface area contributed by atoms with Crippen molar-refractivity contribution in [3.05, 3.63) is 30.1 Å². The third-order valence-corrected chi connectivity index (χ3v) is 1.80. The molecule has 2 rings (SSSR count). The van der Waals surface area contributed by atoms with Crippen LogP contribution in [0.5, 0.6) is 17.8 Å². The van der Waals surface area contributed by atoms with Crippen molar-refractivity contribution in [1.29, 1.82) is 0 Å². The lowest BCUT2D eigenvalue weighted by Crippen LogP contribution is -2.02. The molecule has 0 amide bonds. The fraction of sp³-hybridized carbons (Fsp3) is 0.100. The fourth-order valence-corrected chi connectivity index (χ4v) is 1.13. The number of hydrogen-bond acceptors (Lipinski definition) is 6. The van der Waals surface area contributed by atoms with Crippen LogP contribution in [0.25, 0.3) is 0 Å². The Bertz CT molecular complexity index is 535. The van der Waals surface area contributed by atoms with Gasteiger partial charge >= 0.3 is 12.0 Å². The van der Waals surface area contributed by atoms with Gasteiger partial charge in [-0.25, -0.2) is 4.39 Å². The molecule has 0 bridgehead atoms. The molecule has 0 radical (unpaired) electrons. The monoisotopic (exact) mass is 236 g/mol. The van der Waals surface area contributed by atoms with Crippen molar-refractivity contribution in [1.82, 2.24) is 15.0 Å². The zero-order valence-electron chi connectivity index (χ0n) is 8.92. The van der Waals surface area contributed by atoms with Crippen molar-refractivity contribution in [2.75, 3.05) is 12.8 Å². The van der Waals surface area contributed by atoms with E-state index in [2.05, 4.69) is 15.0 Å². The second-order valence-corrected chi connectivity index (χ2v) is 3.02. The zero-order chi connectivity index (χ0) is 12.3. The number of nitrogen functional groups attached to an aromatic ring is 1. The number of hydrogen-bond donors (Lipinski definition) is 1. The number of halogens is 1. The summed E-state index contributed by atoms with van der Waals surface area (Å²) < 4.78 is 22.9. The maximum Gasteiger partial charge on any atom is 0.330 e. The normalized spacial score (nSPS) is 10.0. The van der Waals surface area contributed by atoms with Crippen molar-refractivity contribution >= 4 is 5.95 Å². The van der Waals surface area contributed by atoms with E-state index in [0.29, 0.717) is 0 Å². The summed E-state index contributed by atoms with van der Waals surface area (Å²) >= 11 is 0. The van der Waals surface area contributed by atoms with E-state index < -0.39 is 5.82 Å². The van der Waals surface area contributed by atoms with Crippen molar-refractivity contribution < 1.29 is 13.9 Å². The van der Waals surface area contributed by atoms with E-state index in [9.17, 15) is 4.39 Å². The van der Waals surface area contributed by atoms with Gasteiger partial charge in [-0.05, 0) is 12.1 Å². The molecule has 0 aliphatic heterocycles. The SMILES string of the molecule is COc1nc(N)nc(Oc2cccc(F)c2)n1. The lowest BCUT2D eigenvalue weighted by molar-refractivity contribution is 0.360. The van der Waals surface area contributed by atoms with E-state index in [4.69, 9.17) is 15.2 Å². The van der Waals surface area contributed by atoms with Gasteiger partial charge in [0, 0.05) is 6.07 Å². The fourth-order valence-electron chi connectivity index (χ4n) is 1.13. The maximum absolute atomic E-state index is 12.9. The molecule has 1 aromatic carbocycles. The summed E-state index contributed by atoms with van der Waals surface area (Å²) in [5.41, 5.74) is 5.42. The van der Waals surface area contributed by atoms with E-state index in [-0.39, 0.29) is 23.7 Å². The molecule has 0 spiro atoms. The van der Waals surface area contributed by atoms with E-state index >= 15 is 0 Å². The van der Waals surface area contributed by atoms with Gasteiger partial charge in [-0.15, -0.1) is 4.98 Å². The van der Waals surface area contributed by atoms with Crippen LogP contribution < -0.4 is 15.2 Å². The molecule has 88 valence electrons. The molecular formula is C10H9FN4O2. The molecule has 2 N–H and O–H groups in total. The highest BCUT2D eigenvalue weighted by molar-refractivity contribution is 5.27. The highest BCUT2D eigenvalue weighted by atomic mass is 19.1. The van der Waals surface area contributed by atoms with Crippen LogP contribution in [0.2, 0.25) is 0 Å². The summed E-state index contributed by atoms with van der Waals surface area (Å²) in [4.78, 5) is 11.2. The molecule has 2 aromatic rings. The van der Waals surface area contributed by atoms with Crippen LogP contribution in [0.15, 0.2) is 24.3 Å². The smallest absolute Gasteiger partial charge is 0.330 e. The van der Waals surface area contributed by atoms with E-state index in [1.54, 1.807) is 6.07 Å². The Labute approximate surface area is 96.2 Å². The minimum atomic E-state index is -0.420. The molecule has 0 unspecified atom stereocenters.